The Morgan fingerprint density at radius 2 is 1.86 bits per heavy atom. The molecule has 0 unspecified atom stereocenters. The Kier molecular flexibility index (Phi) is 6.48. The zero-order valence-corrected chi connectivity index (χ0v) is 15.8. The molecular weight excluding hydrogens is 352 g/mol. The summed E-state index contributed by atoms with van der Waals surface area (Å²) in [6.07, 6.45) is -0.148. The van der Waals surface area contributed by atoms with E-state index in [0.29, 0.717) is 31.3 Å². The maximum Gasteiger partial charge on any atom is 0.234 e. The number of nitriles is 1. The topological polar surface area (TPSA) is 71.3 Å². The van der Waals surface area contributed by atoms with E-state index in [1.807, 2.05) is 49.4 Å². The van der Waals surface area contributed by atoms with Crippen LogP contribution in [0.25, 0.3) is 10.8 Å². The second kappa shape index (κ2) is 9.43. The standard InChI is InChI=1S/C23H22N2O3/c1-2-27-22-14-17(15-25-23(26)12-13-24)10-11-21(22)28-16-19-8-5-7-18-6-3-4-9-20(18)19/h3-11,14H,2,12,15-16H2,1H3,(H,25,26). The molecule has 0 bridgehead atoms. The van der Waals surface area contributed by atoms with Gasteiger partial charge in [-0.1, -0.05) is 48.5 Å². The Morgan fingerprint density at radius 1 is 1.04 bits per heavy atom. The molecule has 3 aromatic rings. The predicted molar refractivity (Wildman–Crippen MR) is 108 cm³/mol. The maximum atomic E-state index is 11.5. The molecule has 142 valence electrons. The van der Waals surface area contributed by atoms with E-state index in [-0.39, 0.29) is 12.3 Å². The van der Waals surface area contributed by atoms with Crippen molar-refractivity contribution in [3.8, 4) is 17.6 Å². The Bertz CT molecular complexity index is 1000. The molecule has 0 saturated carbocycles. The molecule has 0 fully saturated rings. The third-order valence-electron chi connectivity index (χ3n) is 4.30. The molecule has 5 heteroatoms. The van der Waals surface area contributed by atoms with Crippen molar-refractivity contribution in [1.82, 2.24) is 5.32 Å². The first-order chi connectivity index (χ1) is 13.7. The summed E-state index contributed by atoms with van der Waals surface area (Å²) in [5.41, 5.74) is 1.99. The van der Waals surface area contributed by atoms with Crippen LogP contribution in [0.2, 0.25) is 0 Å². The summed E-state index contributed by atoms with van der Waals surface area (Å²) >= 11 is 0. The molecule has 28 heavy (non-hydrogen) atoms. The summed E-state index contributed by atoms with van der Waals surface area (Å²) in [5.74, 6) is 0.994. The van der Waals surface area contributed by atoms with Crippen LogP contribution in [0.3, 0.4) is 0 Å². The van der Waals surface area contributed by atoms with Crippen molar-refractivity contribution < 1.29 is 14.3 Å². The molecule has 0 atom stereocenters. The van der Waals surface area contributed by atoms with E-state index in [1.165, 1.54) is 10.8 Å². The van der Waals surface area contributed by atoms with E-state index in [2.05, 4.69) is 29.6 Å². The van der Waals surface area contributed by atoms with Gasteiger partial charge in [0.1, 0.15) is 13.0 Å². The van der Waals surface area contributed by atoms with Crippen molar-refractivity contribution in [1.29, 1.82) is 5.26 Å². The zero-order chi connectivity index (χ0) is 19.8. The summed E-state index contributed by atoms with van der Waals surface area (Å²) in [5, 5.41) is 13.6. The van der Waals surface area contributed by atoms with Gasteiger partial charge in [-0.3, -0.25) is 4.79 Å². The number of nitrogens with zero attached hydrogens (tertiary/aromatic N) is 1. The van der Waals surface area contributed by atoms with Crippen LogP contribution in [-0.4, -0.2) is 12.5 Å². The number of carbonyl (C=O) groups excluding carboxylic acids is 1. The molecule has 1 amide bonds. The van der Waals surface area contributed by atoms with E-state index < -0.39 is 0 Å². The fraction of sp³-hybridized carbons (Fsp3) is 0.217. The van der Waals surface area contributed by atoms with Crippen molar-refractivity contribution in [3.63, 3.8) is 0 Å². The number of hydrogen-bond donors (Lipinski definition) is 1. The minimum absolute atomic E-state index is 0.148. The van der Waals surface area contributed by atoms with E-state index in [4.69, 9.17) is 14.7 Å². The highest BCUT2D eigenvalue weighted by atomic mass is 16.5. The summed E-state index contributed by atoms with van der Waals surface area (Å²) in [7, 11) is 0. The van der Waals surface area contributed by atoms with Crippen molar-refractivity contribution in [2.24, 2.45) is 0 Å². The molecule has 0 radical (unpaired) electrons. The van der Waals surface area contributed by atoms with Crippen molar-refractivity contribution in [2.45, 2.75) is 26.5 Å². The highest BCUT2D eigenvalue weighted by Crippen LogP contribution is 2.30. The molecule has 0 aromatic heterocycles. The Hall–Kier alpha value is -3.52. The van der Waals surface area contributed by atoms with Crippen molar-refractivity contribution in [3.05, 3.63) is 71.8 Å². The largest absolute Gasteiger partial charge is 0.490 e. The van der Waals surface area contributed by atoms with Crippen LogP contribution in [0.4, 0.5) is 0 Å². The molecule has 0 heterocycles. The van der Waals surface area contributed by atoms with Crippen molar-refractivity contribution in [2.75, 3.05) is 6.61 Å². The van der Waals surface area contributed by atoms with Gasteiger partial charge in [-0.25, -0.2) is 0 Å². The van der Waals surface area contributed by atoms with Crippen molar-refractivity contribution >= 4 is 16.7 Å². The summed E-state index contributed by atoms with van der Waals surface area (Å²) in [6, 6.07) is 21.8. The van der Waals surface area contributed by atoms with Crippen LogP contribution in [0.15, 0.2) is 60.7 Å². The number of hydrogen-bond acceptors (Lipinski definition) is 4. The van der Waals surface area contributed by atoms with Gasteiger partial charge in [0.05, 0.1) is 12.7 Å². The van der Waals surface area contributed by atoms with E-state index in [1.54, 1.807) is 0 Å². The van der Waals surface area contributed by atoms with Crippen LogP contribution < -0.4 is 14.8 Å². The lowest BCUT2D eigenvalue weighted by molar-refractivity contribution is -0.120. The molecule has 3 rings (SSSR count). The van der Waals surface area contributed by atoms with E-state index in [9.17, 15) is 4.79 Å². The third-order valence-corrected chi connectivity index (χ3v) is 4.30. The lowest BCUT2D eigenvalue weighted by atomic mass is 10.1. The van der Waals surface area contributed by atoms with Gasteiger partial charge in [-0.2, -0.15) is 5.26 Å². The van der Waals surface area contributed by atoms with Gasteiger partial charge < -0.3 is 14.8 Å². The quantitative estimate of drug-likeness (QED) is 0.636. The van der Waals surface area contributed by atoms with E-state index in [0.717, 1.165) is 11.1 Å². The summed E-state index contributed by atoms with van der Waals surface area (Å²) < 4.78 is 11.8. The first kappa shape index (κ1) is 19.2. The Labute approximate surface area is 164 Å². The van der Waals surface area contributed by atoms with Gasteiger partial charge in [-0.15, -0.1) is 0 Å². The SMILES string of the molecule is CCOc1cc(CNC(=O)CC#N)ccc1OCc1cccc2ccccc12. The number of ether oxygens (including phenoxy) is 2. The van der Waals surface area contributed by atoms with Gasteiger partial charge in [-0.05, 0) is 41.0 Å². The minimum Gasteiger partial charge on any atom is -0.490 e. The molecule has 0 spiro atoms. The third kappa shape index (κ3) is 4.80. The predicted octanol–water partition coefficient (Wildman–Crippen LogP) is 4.35. The molecule has 1 N–H and O–H groups in total. The summed E-state index contributed by atoms with van der Waals surface area (Å²) in [6.45, 7) is 3.19. The highest BCUT2D eigenvalue weighted by Gasteiger charge is 2.09. The van der Waals surface area contributed by atoms with Crippen LogP contribution >= 0.6 is 0 Å². The number of nitrogens with one attached hydrogen (secondary N) is 1. The number of benzene rings is 3. The fourth-order valence-electron chi connectivity index (χ4n) is 2.96. The lowest BCUT2D eigenvalue weighted by Gasteiger charge is -2.14. The fourth-order valence-corrected chi connectivity index (χ4v) is 2.96. The molecule has 5 nitrogen and oxygen atoms in total. The number of fused-ring (bicyclic) bond motifs is 1. The van der Waals surface area contributed by atoms with E-state index >= 15 is 0 Å². The number of carbonyl (C=O) groups is 1. The first-order valence-electron chi connectivity index (χ1n) is 9.20. The Morgan fingerprint density at radius 3 is 2.68 bits per heavy atom. The van der Waals surface area contributed by atoms with Crippen LogP contribution in [0.1, 0.15) is 24.5 Å². The molecule has 0 aliphatic carbocycles. The van der Waals surface area contributed by atoms with Gasteiger partial charge in [0, 0.05) is 6.54 Å². The van der Waals surface area contributed by atoms with Crippen LogP contribution in [0.5, 0.6) is 11.5 Å². The second-order valence-electron chi connectivity index (χ2n) is 6.25. The average molecular weight is 374 g/mol. The highest BCUT2D eigenvalue weighted by molar-refractivity contribution is 5.85. The smallest absolute Gasteiger partial charge is 0.234 e. The van der Waals surface area contributed by atoms with Crippen LogP contribution in [0, 0.1) is 11.3 Å². The first-order valence-corrected chi connectivity index (χ1v) is 9.20. The summed E-state index contributed by atoms with van der Waals surface area (Å²) in [4.78, 5) is 11.5. The second-order valence-corrected chi connectivity index (χ2v) is 6.25. The molecule has 0 aliphatic rings. The average Bonchev–Trinajstić information content (AvgIpc) is 2.72. The monoisotopic (exact) mass is 374 g/mol. The Balaban J connectivity index is 1.74. The molecule has 3 aromatic carbocycles. The maximum absolute atomic E-state index is 11.5. The molecule has 0 aliphatic heterocycles. The van der Waals surface area contributed by atoms with Gasteiger partial charge in [0.2, 0.25) is 5.91 Å². The van der Waals surface area contributed by atoms with Gasteiger partial charge in [0.25, 0.3) is 0 Å². The lowest BCUT2D eigenvalue weighted by Crippen LogP contribution is -2.21. The zero-order valence-electron chi connectivity index (χ0n) is 15.8. The number of rotatable bonds is 8. The van der Waals surface area contributed by atoms with Crippen LogP contribution in [-0.2, 0) is 17.9 Å². The normalized spacial score (nSPS) is 10.3. The number of amides is 1. The molecule has 0 saturated heterocycles. The minimum atomic E-state index is -0.295. The van der Waals surface area contributed by atoms with Gasteiger partial charge in [0.15, 0.2) is 11.5 Å². The van der Waals surface area contributed by atoms with Gasteiger partial charge >= 0.3 is 0 Å². The molecular formula is C23H22N2O3.